The number of anilines is 2. The zero-order valence-electron chi connectivity index (χ0n) is 15.4. The molecule has 3 N–H and O–H groups in total. The van der Waals surface area contributed by atoms with Crippen LogP contribution in [0.1, 0.15) is 15.9 Å². The Labute approximate surface area is 171 Å². The summed E-state index contributed by atoms with van der Waals surface area (Å²) >= 11 is 6.21. The van der Waals surface area contributed by atoms with Crippen LogP contribution in [0, 0.1) is 0 Å². The van der Waals surface area contributed by atoms with Gasteiger partial charge in [-0.2, -0.15) is 0 Å². The van der Waals surface area contributed by atoms with Gasteiger partial charge in [-0.3, -0.25) is 14.7 Å². The molecule has 1 saturated heterocycles. The molecule has 0 amide bonds. The predicted molar refractivity (Wildman–Crippen MR) is 110 cm³/mol. The Kier molecular flexibility index (Phi) is 5.48. The largest absolute Gasteiger partial charge is 0.477 e. The van der Waals surface area contributed by atoms with Gasteiger partial charge in [-0.1, -0.05) is 11.6 Å². The lowest BCUT2D eigenvalue weighted by Gasteiger charge is -2.27. The van der Waals surface area contributed by atoms with Crippen molar-refractivity contribution in [3.8, 4) is 0 Å². The molecule has 1 fully saturated rings. The highest BCUT2D eigenvalue weighted by molar-refractivity contribution is 6.31. The number of aromatic amines is 1. The fourth-order valence-electron chi connectivity index (χ4n) is 3.39. The molecule has 0 radical (unpaired) electrons. The topological polar surface area (TPSA) is 108 Å². The third kappa shape index (κ3) is 4.09. The number of carboxylic acids is 1. The van der Waals surface area contributed by atoms with Crippen LogP contribution in [0.4, 0.5) is 11.5 Å². The van der Waals surface area contributed by atoms with Crippen molar-refractivity contribution in [1.82, 2.24) is 14.9 Å². The van der Waals surface area contributed by atoms with E-state index in [0.717, 1.165) is 24.0 Å². The summed E-state index contributed by atoms with van der Waals surface area (Å²) in [5, 5.41) is 13.9. The molecule has 0 aliphatic carbocycles. The van der Waals surface area contributed by atoms with E-state index in [9.17, 15) is 14.7 Å². The van der Waals surface area contributed by atoms with Gasteiger partial charge in [0, 0.05) is 54.1 Å². The van der Waals surface area contributed by atoms with Gasteiger partial charge in [0.1, 0.15) is 11.4 Å². The summed E-state index contributed by atoms with van der Waals surface area (Å²) in [7, 11) is 0. The van der Waals surface area contributed by atoms with Gasteiger partial charge in [0.15, 0.2) is 5.43 Å². The Morgan fingerprint density at radius 2 is 2.10 bits per heavy atom. The van der Waals surface area contributed by atoms with Gasteiger partial charge in [0.25, 0.3) is 0 Å². The summed E-state index contributed by atoms with van der Waals surface area (Å²) in [4.78, 5) is 33.3. The van der Waals surface area contributed by atoms with Crippen molar-refractivity contribution in [3.63, 3.8) is 0 Å². The molecule has 0 spiro atoms. The number of fused-ring (bicyclic) bond motifs is 1. The fourth-order valence-corrected chi connectivity index (χ4v) is 3.56. The Bertz CT molecular complexity index is 1130. The molecule has 4 rings (SSSR count). The van der Waals surface area contributed by atoms with E-state index < -0.39 is 11.4 Å². The Morgan fingerprint density at radius 3 is 2.86 bits per heavy atom. The monoisotopic (exact) mass is 414 g/mol. The molecular weight excluding hydrogens is 396 g/mol. The maximum absolute atomic E-state index is 12.1. The van der Waals surface area contributed by atoms with Crippen molar-refractivity contribution in [1.29, 1.82) is 0 Å². The van der Waals surface area contributed by atoms with E-state index in [2.05, 4.69) is 20.2 Å². The molecule has 9 heteroatoms. The number of carbonyl (C=O) groups is 1. The van der Waals surface area contributed by atoms with Gasteiger partial charge in [0.05, 0.1) is 24.4 Å². The van der Waals surface area contributed by atoms with Gasteiger partial charge in [-0.15, -0.1) is 0 Å². The number of pyridine rings is 2. The summed E-state index contributed by atoms with van der Waals surface area (Å²) < 4.78 is 5.41. The lowest BCUT2D eigenvalue weighted by atomic mass is 10.1. The molecule has 8 nitrogen and oxygen atoms in total. The third-order valence-electron chi connectivity index (χ3n) is 4.83. The second-order valence-corrected chi connectivity index (χ2v) is 7.17. The van der Waals surface area contributed by atoms with E-state index in [4.69, 9.17) is 16.3 Å². The van der Waals surface area contributed by atoms with E-state index in [1.165, 1.54) is 12.3 Å². The lowest BCUT2D eigenvalue weighted by molar-refractivity contribution is 0.0342. The van der Waals surface area contributed by atoms with Crippen LogP contribution in [0.25, 0.3) is 10.9 Å². The number of nitrogens with zero attached hydrogens (tertiary/aromatic N) is 2. The maximum atomic E-state index is 12.1. The van der Waals surface area contributed by atoms with Crippen molar-refractivity contribution in [2.45, 2.75) is 6.54 Å². The van der Waals surface area contributed by atoms with Gasteiger partial charge < -0.3 is 20.1 Å². The number of benzene rings is 1. The highest BCUT2D eigenvalue weighted by Crippen LogP contribution is 2.32. The molecule has 150 valence electrons. The number of hydrogen-bond donors (Lipinski definition) is 3. The Hall–Kier alpha value is -2.94. The van der Waals surface area contributed by atoms with Crippen molar-refractivity contribution in [2.75, 3.05) is 31.6 Å². The predicted octanol–water partition coefficient (Wildman–Crippen LogP) is 2.85. The number of aromatic carboxylic acids is 1. The highest BCUT2D eigenvalue weighted by Gasteiger charge is 2.19. The minimum Gasteiger partial charge on any atom is -0.477 e. The van der Waals surface area contributed by atoms with Crippen molar-refractivity contribution in [3.05, 3.63) is 63.0 Å². The van der Waals surface area contributed by atoms with Crippen LogP contribution in [0.15, 0.2) is 41.5 Å². The summed E-state index contributed by atoms with van der Waals surface area (Å²) in [6.45, 7) is 3.49. The van der Waals surface area contributed by atoms with E-state index in [-0.39, 0.29) is 11.4 Å². The molecule has 29 heavy (non-hydrogen) atoms. The number of halogens is 1. The average molecular weight is 415 g/mol. The second-order valence-electron chi connectivity index (χ2n) is 6.73. The molecule has 2 aromatic heterocycles. The van der Waals surface area contributed by atoms with Gasteiger partial charge in [0.2, 0.25) is 0 Å². The van der Waals surface area contributed by atoms with Gasteiger partial charge in [-0.25, -0.2) is 4.79 Å². The van der Waals surface area contributed by atoms with Crippen LogP contribution in [0.5, 0.6) is 0 Å². The molecule has 1 aromatic carbocycles. The smallest absolute Gasteiger partial charge is 0.343 e. The number of aromatic nitrogens is 2. The van der Waals surface area contributed by atoms with Crippen molar-refractivity contribution >= 4 is 40.0 Å². The van der Waals surface area contributed by atoms with Crippen LogP contribution in [0.3, 0.4) is 0 Å². The number of H-pyrrole nitrogens is 1. The Morgan fingerprint density at radius 1 is 1.31 bits per heavy atom. The first-order valence-corrected chi connectivity index (χ1v) is 9.50. The van der Waals surface area contributed by atoms with Crippen LogP contribution in [-0.2, 0) is 11.3 Å². The van der Waals surface area contributed by atoms with E-state index in [0.29, 0.717) is 36.0 Å². The standard InChI is InChI=1S/C20H19ClN4O4/c21-13-1-2-15-14(9-13)18(12(10-23-15)11-25-5-7-29-8-6-25)24-19-17(20(27)28)16(26)3-4-22-19/h1-4,9-10H,5-8,11H2,(H,27,28)(H2,22,23,24,26). The number of hydrogen-bond acceptors (Lipinski definition) is 6. The summed E-state index contributed by atoms with van der Waals surface area (Å²) in [6, 6.07) is 6.50. The van der Waals surface area contributed by atoms with E-state index in [1.54, 1.807) is 24.4 Å². The number of morpholine rings is 1. The van der Waals surface area contributed by atoms with Crippen LogP contribution in [0.2, 0.25) is 5.02 Å². The summed E-state index contributed by atoms with van der Waals surface area (Å²) in [5.74, 6) is -1.19. The SMILES string of the molecule is O=C(O)c1c(Nc2c(CN3CCOCC3)cnc3ccc(Cl)cc23)[nH]ccc1=O. The maximum Gasteiger partial charge on any atom is 0.343 e. The quantitative estimate of drug-likeness (QED) is 0.589. The number of rotatable bonds is 5. The molecule has 3 aromatic rings. The number of ether oxygens (including phenoxy) is 1. The minimum absolute atomic E-state index is 0.112. The minimum atomic E-state index is -1.31. The number of nitrogens with one attached hydrogen (secondary N) is 2. The first-order valence-electron chi connectivity index (χ1n) is 9.12. The number of carboxylic acid groups (broad SMARTS) is 1. The first kappa shape index (κ1) is 19.4. The first-order chi connectivity index (χ1) is 14.0. The lowest BCUT2D eigenvalue weighted by Crippen LogP contribution is -2.35. The van der Waals surface area contributed by atoms with Crippen molar-refractivity contribution < 1.29 is 14.6 Å². The van der Waals surface area contributed by atoms with Crippen LogP contribution >= 0.6 is 11.6 Å². The van der Waals surface area contributed by atoms with Crippen LogP contribution < -0.4 is 10.7 Å². The second kappa shape index (κ2) is 8.20. The van der Waals surface area contributed by atoms with E-state index in [1.807, 2.05) is 0 Å². The highest BCUT2D eigenvalue weighted by atomic mass is 35.5. The zero-order valence-corrected chi connectivity index (χ0v) is 16.2. The normalized spacial score (nSPS) is 14.8. The Balaban J connectivity index is 1.83. The van der Waals surface area contributed by atoms with Crippen molar-refractivity contribution in [2.24, 2.45) is 0 Å². The average Bonchev–Trinajstić information content (AvgIpc) is 2.70. The molecular formula is C20H19ClN4O4. The van der Waals surface area contributed by atoms with Gasteiger partial charge in [-0.05, 0) is 18.2 Å². The van der Waals surface area contributed by atoms with E-state index >= 15 is 0 Å². The van der Waals surface area contributed by atoms with Gasteiger partial charge >= 0.3 is 5.97 Å². The summed E-state index contributed by atoms with van der Waals surface area (Å²) in [5.41, 5.74) is 1.30. The molecule has 0 atom stereocenters. The molecule has 1 aliphatic heterocycles. The molecule has 3 heterocycles. The molecule has 1 aliphatic rings. The molecule has 0 unspecified atom stereocenters. The van der Waals surface area contributed by atoms with Crippen LogP contribution in [-0.4, -0.2) is 52.2 Å². The fraction of sp³-hybridized carbons (Fsp3) is 0.250. The molecule has 0 saturated carbocycles. The zero-order chi connectivity index (χ0) is 20.4. The third-order valence-corrected chi connectivity index (χ3v) is 5.06. The summed E-state index contributed by atoms with van der Waals surface area (Å²) in [6.07, 6.45) is 3.17. The molecule has 0 bridgehead atoms.